The monoisotopic (exact) mass is 243 g/mol. The number of hydrogen-bond acceptors (Lipinski definition) is 1. The zero-order valence-corrected chi connectivity index (χ0v) is 10.6. The van der Waals surface area contributed by atoms with Gasteiger partial charge in [0.25, 0.3) is 0 Å². The Kier molecular flexibility index (Phi) is 2.83. The smallest absolute Gasteiger partial charge is 0.131 e. The van der Waals surface area contributed by atoms with E-state index in [0.717, 1.165) is 16.9 Å². The number of benzene rings is 2. The standard InChI is InChI=1S/C16H18FN/c1-10(11-6-7-11)16(18)14-8-9-15(17)13-5-3-2-4-12(13)14/h2-5,8-11,16H,6-7,18H2,1H3. The minimum absolute atomic E-state index is 0.00278. The summed E-state index contributed by atoms with van der Waals surface area (Å²) in [5, 5.41) is 1.63. The molecule has 2 atom stereocenters. The molecule has 2 heteroatoms. The highest BCUT2D eigenvalue weighted by Crippen LogP contribution is 2.42. The SMILES string of the molecule is CC(C1CC1)C(N)c1ccc(F)c2ccccc12. The molecule has 0 aromatic heterocycles. The summed E-state index contributed by atoms with van der Waals surface area (Å²) in [7, 11) is 0. The minimum atomic E-state index is -0.166. The summed E-state index contributed by atoms with van der Waals surface area (Å²) >= 11 is 0. The second-order valence-electron chi connectivity index (χ2n) is 5.40. The van der Waals surface area contributed by atoms with Crippen LogP contribution in [0.5, 0.6) is 0 Å². The number of nitrogens with two attached hydrogens (primary N) is 1. The van der Waals surface area contributed by atoms with E-state index in [0.29, 0.717) is 11.3 Å². The largest absolute Gasteiger partial charge is 0.324 e. The highest BCUT2D eigenvalue weighted by Gasteiger charge is 2.32. The molecule has 3 rings (SSSR count). The first kappa shape index (κ1) is 11.7. The van der Waals surface area contributed by atoms with Gasteiger partial charge in [0, 0.05) is 11.4 Å². The van der Waals surface area contributed by atoms with Crippen LogP contribution < -0.4 is 5.73 Å². The molecule has 0 bridgehead atoms. The molecule has 1 aliphatic carbocycles. The summed E-state index contributed by atoms with van der Waals surface area (Å²) in [5.74, 6) is 1.06. The first-order chi connectivity index (χ1) is 8.68. The van der Waals surface area contributed by atoms with Crippen molar-refractivity contribution in [2.24, 2.45) is 17.6 Å². The average Bonchev–Trinajstić information content (AvgIpc) is 3.22. The Morgan fingerprint density at radius 3 is 2.44 bits per heavy atom. The Morgan fingerprint density at radius 2 is 1.78 bits per heavy atom. The molecule has 94 valence electrons. The van der Waals surface area contributed by atoms with Crippen LogP contribution in [0.4, 0.5) is 4.39 Å². The summed E-state index contributed by atoms with van der Waals surface area (Å²) in [6, 6.07) is 11.0. The molecule has 2 aromatic rings. The lowest BCUT2D eigenvalue weighted by atomic mass is 9.88. The van der Waals surface area contributed by atoms with Crippen molar-refractivity contribution in [2.75, 3.05) is 0 Å². The Bertz CT molecular complexity index is 574. The van der Waals surface area contributed by atoms with Crippen molar-refractivity contribution in [1.29, 1.82) is 0 Å². The van der Waals surface area contributed by atoms with Crippen LogP contribution in [0.2, 0.25) is 0 Å². The van der Waals surface area contributed by atoms with Crippen molar-refractivity contribution in [3.63, 3.8) is 0 Å². The Hall–Kier alpha value is -1.41. The molecule has 1 nitrogen and oxygen atoms in total. The van der Waals surface area contributed by atoms with Crippen molar-refractivity contribution >= 4 is 10.8 Å². The van der Waals surface area contributed by atoms with E-state index < -0.39 is 0 Å². The van der Waals surface area contributed by atoms with Crippen molar-refractivity contribution < 1.29 is 4.39 Å². The van der Waals surface area contributed by atoms with Crippen LogP contribution in [0.15, 0.2) is 36.4 Å². The highest BCUT2D eigenvalue weighted by atomic mass is 19.1. The van der Waals surface area contributed by atoms with Crippen LogP contribution in [-0.4, -0.2) is 0 Å². The molecule has 0 amide bonds. The first-order valence-corrected chi connectivity index (χ1v) is 6.61. The van der Waals surface area contributed by atoms with Gasteiger partial charge in [-0.2, -0.15) is 0 Å². The van der Waals surface area contributed by atoms with Gasteiger partial charge in [-0.15, -0.1) is 0 Å². The number of fused-ring (bicyclic) bond motifs is 1. The first-order valence-electron chi connectivity index (χ1n) is 6.61. The van der Waals surface area contributed by atoms with Crippen LogP contribution in [0.25, 0.3) is 10.8 Å². The topological polar surface area (TPSA) is 26.0 Å². The molecule has 1 saturated carbocycles. The van der Waals surface area contributed by atoms with Gasteiger partial charge >= 0.3 is 0 Å². The maximum Gasteiger partial charge on any atom is 0.131 e. The van der Waals surface area contributed by atoms with Gasteiger partial charge in [-0.3, -0.25) is 0 Å². The van der Waals surface area contributed by atoms with E-state index in [-0.39, 0.29) is 11.9 Å². The van der Waals surface area contributed by atoms with E-state index in [4.69, 9.17) is 5.73 Å². The van der Waals surface area contributed by atoms with E-state index in [1.54, 1.807) is 0 Å². The summed E-state index contributed by atoms with van der Waals surface area (Å²) in [4.78, 5) is 0. The van der Waals surface area contributed by atoms with Gasteiger partial charge in [0.2, 0.25) is 0 Å². The third-order valence-corrected chi connectivity index (χ3v) is 4.20. The maximum absolute atomic E-state index is 13.8. The molecule has 2 aromatic carbocycles. The quantitative estimate of drug-likeness (QED) is 0.865. The van der Waals surface area contributed by atoms with Crippen molar-refractivity contribution in [1.82, 2.24) is 0 Å². The predicted octanol–water partition coefficient (Wildman–Crippen LogP) is 4.02. The fourth-order valence-corrected chi connectivity index (χ4v) is 2.77. The summed E-state index contributed by atoms with van der Waals surface area (Å²) in [5.41, 5.74) is 7.45. The van der Waals surface area contributed by atoms with Gasteiger partial charge in [-0.05, 0) is 41.7 Å². The normalized spacial score (nSPS) is 18.8. The van der Waals surface area contributed by atoms with Crippen LogP contribution in [0.1, 0.15) is 31.4 Å². The van der Waals surface area contributed by atoms with Crippen molar-refractivity contribution in [2.45, 2.75) is 25.8 Å². The second kappa shape index (κ2) is 4.36. The van der Waals surface area contributed by atoms with E-state index in [9.17, 15) is 4.39 Å². The molecule has 2 N–H and O–H groups in total. The van der Waals surface area contributed by atoms with Gasteiger partial charge < -0.3 is 5.73 Å². The van der Waals surface area contributed by atoms with Crippen molar-refractivity contribution in [3.05, 3.63) is 47.8 Å². The molecule has 1 fully saturated rings. The Labute approximate surface area is 107 Å². The lowest BCUT2D eigenvalue weighted by molar-refractivity contribution is 0.419. The van der Waals surface area contributed by atoms with E-state index in [1.165, 1.54) is 18.9 Å². The zero-order valence-electron chi connectivity index (χ0n) is 10.6. The number of hydrogen-bond donors (Lipinski definition) is 1. The minimum Gasteiger partial charge on any atom is -0.324 e. The molecular formula is C16H18FN. The third kappa shape index (κ3) is 1.91. The van der Waals surface area contributed by atoms with Gasteiger partial charge in [-0.25, -0.2) is 4.39 Å². The van der Waals surface area contributed by atoms with Gasteiger partial charge in [0.05, 0.1) is 0 Å². The highest BCUT2D eigenvalue weighted by molar-refractivity contribution is 5.86. The fraction of sp³-hybridized carbons (Fsp3) is 0.375. The van der Waals surface area contributed by atoms with Crippen molar-refractivity contribution in [3.8, 4) is 0 Å². The van der Waals surface area contributed by atoms with Crippen LogP contribution in [-0.2, 0) is 0 Å². The molecule has 1 aliphatic rings. The average molecular weight is 243 g/mol. The molecule has 0 saturated heterocycles. The maximum atomic E-state index is 13.8. The number of halogens is 1. The van der Waals surface area contributed by atoms with Gasteiger partial charge in [0.15, 0.2) is 0 Å². The fourth-order valence-electron chi connectivity index (χ4n) is 2.77. The number of rotatable bonds is 3. The molecule has 0 aliphatic heterocycles. The van der Waals surface area contributed by atoms with E-state index in [1.807, 2.05) is 30.3 Å². The van der Waals surface area contributed by atoms with Crippen LogP contribution >= 0.6 is 0 Å². The molecule has 0 spiro atoms. The van der Waals surface area contributed by atoms with Crippen LogP contribution in [0, 0.1) is 17.7 Å². The lowest BCUT2D eigenvalue weighted by Crippen LogP contribution is -2.21. The molecule has 0 heterocycles. The molecule has 18 heavy (non-hydrogen) atoms. The van der Waals surface area contributed by atoms with Gasteiger partial charge in [0.1, 0.15) is 5.82 Å². The Morgan fingerprint density at radius 1 is 1.11 bits per heavy atom. The molecule has 0 radical (unpaired) electrons. The molecule has 2 unspecified atom stereocenters. The second-order valence-corrected chi connectivity index (χ2v) is 5.40. The lowest BCUT2D eigenvalue weighted by Gasteiger charge is -2.21. The van der Waals surface area contributed by atoms with Gasteiger partial charge in [-0.1, -0.05) is 37.3 Å². The van der Waals surface area contributed by atoms with E-state index in [2.05, 4.69) is 6.92 Å². The molecular weight excluding hydrogens is 225 g/mol. The summed E-state index contributed by atoms with van der Waals surface area (Å²) in [6.07, 6.45) is 2.57. The summed E-state index contributed by atoms with van der Waals surface area (Å²) < 4.78 is 13.8. The zero-order chi connectivity index (χ0) is 12.7. The summed E-state index contributed by atoms with van der Waals surface area (Å²) in [6.45, 7) is 2.21. The van der Waals surface area contributed by atoms with E-state index >= 15 is 0 Å². The predicted molar refractivity (Wildman–Crippen MR) is 72.7 cm³/mol. The Balaban J connectivity index is 2.08. The third-order valence-electron chi connectivity index (χ3n) is 4.20. The van der Waals surface area contributed by atoms with Crippen LogP contribution in [0.3, 0.4) is 0 Å².